The summed E-state index contributed by atoms with van der Waals surface area (Å²) >= 11 is -1.35. The number of carbonyl (C=O) groups is 2. The molecule has 2 unspecified atom stereocenters. The van der Waals surface area contributed by atoms with E-state index in [1.165, 1.54) is 6.92 Å². The molecule has 0 spiro atoms. The number of nitrogens with two attached hydrogens (primary N) is 1. The van der Waals surface area contributed by atoms with Gasteiger partial charge in [-0.2, -0.15) is 0 Å². The summed E-state index contributed by atoms with van der Waals surface area (Å²) in [6.07, 6.45) is 0. The molecule has 0 bridgehead atoms. The summed E-state index contributed by atoms with van der Waals surface area (Å²) in [6.45, 7) is 3.03. The highest BCUT2D eigenvalue weighted by Gasteiger charge is 2.15. The predicted molar refractivity (Wildman–Crippen MR) is 94.1 cm³/mol. The van der Waals surface area contributed by atoms with E-state index in [2.05, 4.69) is 10.6 Å². The normalized spacial score (nSPS) is 13.0. The van der Waals surface area contributed by atoms with Gasteiger partial charge in [-0.25, -0.2) is 0 Å². The van der Waals surface area contributed by atoms with Gasteiger partial charge in [-0.15, -0.1) is 0 Å². The van der Waals surface area contributed by atoms with Crippen LogP contribution < -0.4 is 16.4 Å². The number of amides is 2. The Morgan fingerprint density at radius 3 is 1.75 bits per heavy atom. The van der Waals surface area contributed by atoms with Crippen molar-refractivity contribution in [3.05, 3.63) is 48.5 Å². The van der Waals surface area contributed by atoms with Crippen molar-refractivity contribution in [2.24, 2.45) is 5.73 Å². The molecule has 0 aliphatic rings. The fraction of sp³-hybridized carbons (Fsp3) is 0.176. The molecule has 2 rings (SSSR count). The fourth-order valence-electron chi connectivity index (χ4n) is 1.92. The Morgan fingerprint density at radius 2 is 1.38 bits per heavy atom. The third-order valence-electron chi connectivity index (χ3n) is 3.14. The zero-order valence-corrected chi connectivity index (χ0v) is 14.2. The van der Waals surface area contributed by atoms with Crippen molar-refractivity contribution in [1.82, 2.24) is 0 Å². The highest BCUT2D eigenvalue weighted by atomic mass is 32.2. The summed E-state index contributed by atoms with van der Waals surface area (Å²) in [6, 6.07) is 12.9. The molecule has 0 saturated carbocycles. The second-order valence-corrected chi connectivity index (χ2v) is 6.76. The summed E-state index contributed by atoms with van der Waals surface area (Å²) in [5.74, 6) is -0.439. The first-order valence-electron chi connectivity index (χ1n) is 7.33. The minimum atomic E-state index is -1.35. The number of anilines is 2. The Kier molecular flexibility index (Phi) is 5.97. The molecule has 0 aliphatic heterocycles. The van der Waals surface area contributed by atoms with Crippen LogP contribution in [0.4, 0.5) is 11.4 Å². The molecule has 7 heteroatoms. The van der Waals surface area contributed by atoms with E-state index < -0.39 is 17.2 Å². The van der Waals surface area contributed by atoms with Gasteiger partial charge in [-0.05, 0) is 55.5 Å². The second kappa shape index (κ2) is 7.96. The van der Waals surface area contributed by atoms with Gasteiger partial charge in [0.05, 0.1) is 6.04 Å². The molecule has 0 fully saturated rings. The van der Waals surface area contributed by atoms with Gasteiger partial charge in [0, 0.05) is 29.5 Å². The van der Waals surface area contributed by atoms with Gasteiger partial charge in [0.25, 0.3) is 0 Å². The van der Waals surface area contributed by atoms with Gasteiger partial charge in [0.1, 0.15) is 0 Å². The summed E-state index contributed by atoms with van der Waals surface area (Å²) in [5.41, 5.74) is 6.74. The molecule has 0 saturated heterocycles. The summed E-state index contributed by atoms with van der Waals surface area (Å²) in [4.78, 5) is 23.8. The van der Waals surface area contributed by atoms with Crippen LogP contribution in [-0.4, -0.2) is 22.4 Å². The Morgan fingerprint density at radius 1 is 0.958 bits per heavy atom. The molecule has 4 N–H and O–H groups in total. The van der Waals surface area contributed by atoms with Crippen LogP contribution in [0.1, 0.15) is 13.8 Å². The van der Waals surface area contributed by atoms with E-state index >= 15 is 0 Å². The van der Waals surface area contributed by atoms with Crippen LogP contribution in [0.5, 0.6) is 0 Å². The molecular formula is C17H19N3O3S. The van der Waals surface area contributed by atoms with Crippen LogP contribution in [0.15, 0.2) is 58.3 Å². The first kappa shape index (κ1) is 18.0. The molecule has 2 amide bonds. The lowest BCUT2D eigenvalue weighted by atomic mass is 10.3. The van der Waals surface area contributed by atoms with Gasteiger partial charge in [0.2, 0.25) is 11.8 Å². The van der Waals surface area contributed by atoms with Gasteiger partial charge in [-0.1, -0.05) is 0 Å². The fourth-order valence-corrected chi connectivity index (χ4v) is 2.96. The van der Waals surface area contributed by atoms with E-state index in [0.29, 0.717) is 21.2 Å². The number of carbonyl (C=O) groups excluding carboxylic acids is 2. The van der Waals surface area contributed by atoms with E-state index in [1.807, 2.05) is 0 Å². The highest BCUT2D eigenvalue weighted by Crippen LogP contribution is 2.23. The molecule has 0 aliphatic carbocycles. The van der Waals surface area contributed by atoms with Gasteiger partial charge < -0.3 is 20.9 Å². The first-order chi connectivity index (χ1) is 11.4. The Labute approximate surface area is 143 Å². The van der Waals surface area contributed by atoms with E-state index in [-0.39, 0.29) is 11.8 Å². The van der Waals surface area contributed by atoms with Crippen LogP contribution >= 0.6 is 0 Å². The monoisotopic (exact) mass is 345 g/mol. The van der Waals surface area contributed by atoms with E-state index in [1.54, 1.807) is 55.5 Å². The smallest absolute Gasteiger partial charge is 0.240 e. The van der Waals surface area contributed by atoms with Crippen molar-refractivity contribution in [2.75, 3.05) is 10.6 Å². The Hall–Kier alpha value is -2.35. The van der Waals surface area contributed by atoms with Crippen LogP contribution in [0.25, 0.3) is 0 Å². The van der Waals surface area contributed by atoms with Gasteiger partial charge in [-0.3, -0.25) is 9.59 Å². The lowest BCUT2D eigenvalue weighted by Gasteiger charge is -2.12. The maximum Gasteiger partial charge on any atom is 0.240 e. The molecule has 0 heterocycles. The number of hydrogen-bond acceptors (Lipinski definition) is 4. The predicted octanol–water partition coefficient (Wildman–Crippen LogP) is 2.10. The number of hydrogen-bond donors (Lipinski definition) is 3. The molecule has 2 aromatic rings. The van der Waals surface area contributed by atoms with Crippen molar-refractivity contribution in [2.45, 2.75) is 29.7 Å². The maximum absolute atomic E-state index is 12.5. The summed E-state index contributed by atoms with van der Waals surface area (Å²) < 4.78 is 12.5. The standard InChI is InChI=1S/C17H19N3O3S/c1-11(18)17(22)20-14-5-9-16(10-6-14)24(23)15-7-3-13(4-8-15)19-12(2)21/h3-11H,18H2,1-2H3,(H,19,21)(H,20,22). The average molecular weight is 345 g/mol. The van der Waals surface area contributed by atoms with E-state index in [4.69, 9.17) is 5.73 Å². The van der Waals surface area contributed by atoms with Crippen molar-refractivity contribution >= 4 is 34.4 Å². The van der Waals surface area contributed by atoms with Crippen LogP contribution in [0.2, 0.25) is 0 Å². The van der Waals surface area contributed by atoms with Crippen LogP contribution in [0, 0.1) is 0 Å². The van der Waals surface area contributed by atoms with Crippen molar-refractivity contribution in [3.63, 3.8) is 0 Å². The van der Waals surface area contributed by atoms with Crippen LogP contribution in [-0.2, 0) is 20.8 Å². The lowest BCUT2D eigenvalue weighted by molar-refractivity contribution is -0.117. The average Bonchev–Trinajstić information content (AvgIpc) is 2.55. The van der Waals surface area contributed by atoms with Crippen molar-refractivity contribution in [3.8, 4) is 0 Å². The molecule has 2 atom stereocenters. The highest BCUT2D eigenvalue weighted by molar-refractivity contribution is 7.91. The molecule has 6 nitrogen and oxygen atoms in total. The molecule has 126 valence electrons. The molecule has 0 aromatic heterocycles. The summed E-state index contributed by atoms with van der Waals surface area (Å²) in [7, 11) is 0. The first-order valence-corrected chi connectivity index (χ1v) is 8.48. The quantitative estimate of drug-likeness (QED) is 0.721. The maximum atomic E-state index is 12.5. The zero-order chi connectivity index (χ0) is 17.7. The van der Waals surface area contributed by atoms with E-state index in [9.17, 15) is 14.1 Å². The minimum Gasteiger partial charge on any atom is -0.606 e. The third-order valence-corrected chi connectivity index (χ3v) is 4.54. The molecule has 0 radical (unpaired) electrons. The molecule has 2 aromatic carbocycles. The molecular weight excluding hydrogens is 326 g/mol. The minimum absolute atomic E-state index is 0.159. The lowest BCUT2D eigenvalue weighted by Crippen LogP contribution is -2.32. The molecule has 24 heavy (non-hydrogen) atoms. The summed E-state index contributed by atoms with van der Waals surface area (Å²) in [5, 5.41) is 5.33. The zero-order valence-electron chi connectivity index (χ0n) is 13.4. The number of rotatable bonds is 5. The van der Waals surface area contributed by atoms with Crippen molar-refractivity contribution in [1.29, 1.82) is 0 Å². The van der Waals surface area contributed by atoms with Crippen LogP contribution in [0.3, 0.4) is 0 Å². The van der Waals surface area contributed by atoms with Gasteiger partial charge in [0.15, 0.2) is 9.79 Å². The van der Waals surface area contributed by atoms with Crippen molar-refractivity contribution < 1.29 is 14.1 Å². The largest absolute Gasteiger partial charge is 0.606 e. The second-order valence-electron chi connectivity index (χ2n) is 5.28. The number of nitrogens with one attached hydrogen (secondary N) is 2. The topological polar surface area (TPSA) is 107 Å². The Bertz CT molecular complexity index is 715. The number of benzene rings is 2. The van der Waals surface area contributed by atoms with Gasteiger partial charge >= 0.3 is 0 Å². The Balaban J connectivity index is 2.08. The SMILES string of the molecule is CC(=O)Nc1ccc([S+]([O-])c2ccc(NC(=O)C(C)N)cc2)cc1. The third kappa shape index (κ3) is 4.82. The van der Waals surface area contributed by atoms with E-state index in [0.717, 1.165) is 0 Å².